The van der Waals surface area contributed by atoms with Crippen molar-refractivity contribution in [2.45, 2.75) is 73.2 Å². The lowest BCUT2D eigenvalue weighted by atomic mass is 9.63. The lowest BCUT2D eigenvalue weighted by Crippen LogP contribution is -2.60. The molecule has 4 aromatic rings. The van der Waals surface area contributed by atoms with Gasteiger partial charge in [0.15, 0.2) is 0 Å². The zero-order valence-corrected chi connectivity index (χ0v) is 31.7. The number of hydrogen-bond donors (Lipinski definition) is 12. The Morgan fingerprint density at radius 1 is 0.516 bits per heavy atom. The Hall–Kier alpha value is -6.04. The molecule has 12 N–H and O–H groups in total. The number of phenolic OH excluding ortho intramolecular Hbond substituents is 2. The molecule has 0 amide bonds. The van der Waals surface area contributed by atoms with Gasteiger partial charge >= 0.3 is 11.9 Å². The summed E-state index contributed by atoms with van der Waals surface area (Å²) in [5.41, 5.74) is -2.87. The van der Waals surface area contributed by atoms with Gasteiger partial charge in [-0.25, -0.2) is 9.59 Å². The molecule has 0 aromatic heterocycles. The molecule has 2 fully saturated rings. The first-order valence-corrected chi connectivity index (χ1v) is 19.0. The van der Waals surface area contributed by atoms with Crippen molar-refractivity contribution in [1.82, 2.24) is 0 Å². The van der Waals surface area contributed by atoms with Crippen LogP contribution < -0.4 is 9.47 Å². The third-order valence-corrected chi connectivity index (χ3v) is 11.7. The lowest BCUT2D eigenvalue weighted by molar-refractivity contribution is -0.277. The molecule has 62 heavy (non-hydrogen) atoms. The second kappa shape index (κ2) is 16.0. The molecule has 2 saturated heterocycles. The number of phenols is 2. The number of hydrogen-bond acceptors (Lipinski definition) is 18. The van der Waals surface area contributed by atoms with E-state index in [0.29, 0.717) is 0 Å². The summed E-state index contributed by atoms with van der Waals surface area (Å²) in [7, 11) is 0. The predicted octanol–water partition coefficient (Wildman–Crippen LogP) is -1.10. The molecule has 326 valence electrons. The maximum Gasteiger partial charge on any atom is 0.335 e. The summed E-state index contributed by atoms with van der Waals surface area (Å²) in [4.78, 5) is 54.2. The Morgan fingerprint density at radius 2 is 0.887 bits per heavy atom. The molecule has 2 aliphatic heterocycles. The molecule has 2 heterocycles. The second-order valence-electron chi connectivity index (χ2n) is 15.2. The Balaban J connectivity index is 1.38. The summed E-state index contributed by atoms with van der Waals surface area (Å²) in [6, 6.07) is 11.9. The molecule has 8 rings (SSSR count). The summed E-state index contributed by atoms with van der Waals surface area (Å²) >= 11 is 0. The number of fused-ring (bicyclic) bond motifs is 4. The number of ketones is 2. The molecule has 2 aliphatic carbocycles. The second-order valence-corrected chi connectivity index (χ2v) is 15.2. The highest BCUT2D eigenvalue weighted by atomic mass is 16.7. The maximum atomic E-state index is 14.7. The van der Waals surface area contributed by atoms with Crippen LogP contribution in [0.1, 0.15) is 86.6 Å². The van der Waals surface area contributed by atoms with E-state index >= 15 is 0 Å². The summed E-state index contributed by atoms with van der Waals surface area (Å²) in [5.74, 6) is -10.1. The van der Waals surface area contributed by atoms with Gasteiger partial charge in [0, 0.05) is 11.8 Å². The fourth-order valence-electron chi connectivity index (χ4n) is 8.71. The van der Waals surface area contributed by atoms with Crippen molar-refractivity contribution in [2.24, 2.45) is 0 Å². The van der Waals surface area contributed by atoms with Crippen molar-refractivity contribution < 1.29 is 99.4 Å². The number of aromatic hydroxyl groups is 2. The van der Waals surface area contributed by atoms with E-state index in [1.54, 1.807) is 0 Å². The quantitative estimate of drug-likeness (QED) is 0.0950. The molecule has 0 radical (unpaired) electrons. The van der Waals surface area contributed by atoms with E-state index < -0.39 is 144 Å². The van der Waals surface area contributed by atoms with Crippen LogP contribution in [0, 0.1) is 0 Å². The Bertz CT molecular complexity index is 2330. The first-order valence-electron chi connectivity index (χ1n) is 19.0. The van der Waals surface area contributed by atoms with E-state index in [1.165, 1.54) is 36.4 Å². The number of benzene rings is 4. The van der Waals surface area contributed by atoms with Gasteiger partial charge in [-0.2, -0.15) is 0 Å². The molecule has 1 unspecified atom stereocenters. The van der Waals surface area contributed by atoms with Gasteiger partial charge in [-0.15, -0.1) is 0 Å². The van der Waals surface area contributed by atoms with Gasteiger partial charge in [0.1, 0.15) is 71.8 Å². The zero-order valence-electron chi connectivity index (χ0n) is 31.7. The van der Waals surface area contributed by atoms with Gasteiger partial charge in [0.05, 0.1) is 46.6 Å². The number of aliphatic hydroxyl groups is 8. The van der Waals surface area contributed by atoms with Crippen LogP contribution in [-0.4, -0.2) is 159 Å². The average Bonchev–Trinajstić information content (AvgIpc) is 3.24. The summed E-state index contributed by atoms with van der Waals surface area (Å²) in [5, 5.41) is 126. The molecule has 4 aliphatic rings. The summed E-state index contributed by atoms with van der Waals surface area (Å²) < 4.78 is 23.0. The average molecular weight is 863 g/mol. The largest absolute Gasteiger partial charge is 0.507 e. The molecular weight excluding hydrogens is 824 g/mol. The van der Waals surface area contributed by atoms with Crippen molar-refractivity contribution in [3.05, 3.63) is 116 Å². The van der Waals surface area contributed by atoms with Crippen LogP contribution in [0.5, 0.6) is 23.0 Å². The molecule has 0 bridgehead atoms. The van der Waals surface area contributed by atoms with Crippen LogP contribution in [0.15, 0.2) is 60.7 Å². The van der Waals surface area contributed by atoms with Gasteiger partial charge in [0.25, 0.3) is 0 Å². The van der Waals surface area contributed by atoms with E-state index in [4.69, 9.17) is 18.9 Å². The van der Waals surface area contributed by atoms with Crippen molar-refractivity contribution in [2.75, 3.05) is 13.2 Å². The van der Waals surface area contributed by atoms with Crippen molar-refractivity contribution in [3.8, 4) is 23.0 Å². The van der Waals surface area contributed by atoms with Crippen LogP contribution in [0.2, 0.25) is 0 Å². The molecular formula is C42H38O20. The minimum atomic E-state index is -1.94. The Labute approximate surface area is 348 Å². The number of rotatable bonds is 9. The number of ether oxygens (including phenoxy) is 4. The molecule has 20 nitrogen and oxygen atoms in total. The van der Waals surface area contributed by atoms with Crippen LogP contribution >= 0.6 is 0 Å². The van der Waals surface area contributed by atoms with E-state index in [2.05, 4.69) is 0 Å². The summed E-state index contributed by atoms with van der Waals surface area (Å²) in [6.07, 6.45) is -17.7. The van der Waals surface area contributed by atoms with E-state index in [0.717, 1.165) is 24.3 Å². The van der Waals surface area contributed by atoms with Gasteiger partial charge in [-0.1, -0.05) is 24.3 Å². The number of carbonyl (C=O) groups excluding carboxylic acids is 2. The number of carbonyl (C=O) groups is 4. The SMILES string of the molecule is O=C(O)c1cc(O)c2c(c1)[C@@H]([C@H]1c3cc(C(=O)O)cc(O)c3C(=O)c3c(OC4O[C@H](CO)[C@@H](O)[C@H](O)[C@H]4O)cccc31)c1cccc(O[C@@H]3O[C@H](CO)[C@@H](O)[C@H](O)[C@H]3O)c1C2=O. The van der Waals surface area contributed by atoms with Gasteiger partial charge in [0.2, 0.25) is 24.1 Å². The first kappa shape index (κ1) is 42.6. The Morgan fingerprint density at radius 3 is 1.23 bits per heavy atom. The zero-order chi connectivity index (χ0) is 44.6. The maximum absolute atomic E-state index is 14.7. The monoisotopic (exact) mass is 862 g/mol. The van der Waals surface area contributed by atoms with Crippen molar-refractivity contribution >= 4 is 23.5 Å². The minimum Gasteiger partial charge on any atom is -0.507 e. The molecule has 0 saturated carbocycles. The van der Waals surface area contributed by atoms with Crippen LogP contribution in [-0.2, 0) is 9.47 Å². The third kappa shape index (κ3) is 6.73. The van der Waals surface area contributed by atoms with Gasteiger partial charge in [-0.3, -0.25) is 9.59 Å². The minimum absolute atomic E-state index is 0.00301. The van der Waals surface area contributed by atoms with Crippen LogP contribution in [0.4, 0.5) is 0 Å². The van der Waals surface area contributed by atoms with Gasteiger partial charge < -0.3 is 80.2 Å². The number of aliphatic hydroxyl groups excluding tert-OH is 8. The smallest absolute Gasteiger partial charge is 0.335 e. The lowest BCUT2D eigenvalue weighted by Gasteiger charge is -2.41. The number of carboxylic acids is 2. The van der Waals surface area contributed by atoms with Crippen LogP contribution in [0.25, 0.3) is 0 Å². The topological polar surface area (TPSA) is 348 Å². The molecule has 4 aromatic carbocycles. The van der Waals surface area contributed by atoms with E-state index in [-0.39, 0.29) is 44.9 Å². The van der Waals surface area contributed by atoms with Crippen molar-refractivity contribution in [3.63, 3.8) is 0 Å². The summed E-state index contributed by atoms with van der Waals surface area (Å²) in [6.45, 7) is -1.64. The normalized spacial score (nSPS) is 30.1. The number of aromatic carboxylic acids is 2. The Kier molecular flexibility index (Phi) is 11.0. The highest BCUT2D eigenvalue weighted by molar-refractivity contribution is 6.18. The van der Waals surface area contributed by atoms with E-state index in [1.807, 2.05) is 0 Å². The number of carboxylic acid groups (broad SMARTS) is 2. The molecule has 0 spiro atoms. The van der Waals surface area contributed by atoms with Gasteiger partial charge in [-0.05, 0) is 58.7 Å². The first-order chi connectivity index (χ1) is 29.5. The fraction of sp³-hybridized carbons (Fsp3) is 0.333. The molecule has 20 heteroatoms. The highest BCUT2D eigenvalue weighted by Gasteiger charge is 2.50. The van der Waals surface area contributed by atoms with E-state index in [9.17, 15) is 80.5 Å². The van der Waals surface area contributed by atoms with Crippen molar-refractivity contribution in [1.29, 1.82) is 0 Å². The fourth-order valence-corrected chi connectivity index (χ4v) is 8.71. The highest BCUT2D eigenvalue weighted by Crippen LogP contribution is 2.56. The predicted molar refractivity (Wildman–Crippen MR) is 202 cm³/mol. The third-order valence-electron chi connectivity index (χ3n) is 11.7. The molecule has 12 atom stereocenters. The van der Waals surface area contributed by atoms with Crippen LogP contribution in [0.3, 0.4) is 0 Å². The standard InChI is InChI=1S/C42H38O20/c43-11-23-31(47)35(51)37(53)41(61-23)59-21-5-1-3-15-25(17-7-13(39(55)56)9-19(45)27(17)33(49)29(15)21)26-16-4-2-6-22(60-42-38(54)36(52)32(48)24(12-44)62-42)30(16)34(50)28-18(26)8-14(40(57)58)10-20(28)46/h1-10,23-26,31-32,35-38,41-48,51-54H,11-12H2,(H,55,56)(H,57,58)/t23-,24-,25-,26+,31-,32-,35+,36+,37-,38-,41?,42-/m1/s1.